The van der Waals surface area contributed by atoms with Crippen molar-refractivity contribution in [2.24, 2.45) is 0 Å². The highest BCUT2D eigenvalue weighted by Crippen LogP contribution is 2.12. The Hall–Kier alpha value is -1.28. The summed E-state index contributed by atoms with van der Waals surface area (Å²) >= 11 is 0. The molecule has 15 heavy (non-hydrogen) atoms. The lowest BCUT2D eigenvalue weighted by molar-refractivity contribution is 0.414. The van der Waals surface area contributed by atoms with Crippen molar-refractivity contribution in [1.29, 1.82) is 0 Å². The minimum Gasteiger partial charge on any atom is -0.497 e. The average molecular weight is 205 g/mol. The van der Waals surface area contributed by atoms with Crippen LogP contribution < -0.4 is 10.1 Å². The zero-order chi connectivity index (χ0) is 11.3. The monoisotopic (exact) mass is 205 g/mol. The highest BCUT2D eigenvalue weighted by molar-refractivity contribution is 5.27. The first kappa shape index (κ1) is 11.8. The molecule has 2 nitrogen and oxygen atoms in total. The van der Waals surface area contributed by atoms with Gasteiger partial charge in [-0.3, -0.25) is 0 Å². The number of nitrogens with one attached hydrogen (secondary N) is 1. The van der Waals surface area contributed by atoms with Crippen LogP contribution in [0.2, 0.25) is 0 Å². The fourth-order valence-corrected chi connectivity index (χ4v) is 1.15. The topological polar surface area (TPSA) is 21.3 Å². The zero-order valence-electron chi connectivity index (χ0n) is 9.71. The Morgan fingerprint density at radius 1 is 1.33 bits per heavy atom. The lowest BCUT2D eigenvalue weighted by Crippen LogP contribution is -2.36. The molecule has 82 valence electrons. The van der Waals surface area contributed by atoms with E-state index in [2.05, 4.69) is 37.9 Å². The van der Waals surface area contributed by atoms with Gasteiger partial charge in [0.15, 0.2) is 0 Å². The highest BCUT2D eigenvalue weighted by Gasteiger charge is 2.10. The Bertz CT molecular complexity index is 314. The summed E-state index contributed by atoms with van der Waals surface area (Å²) in [7, 11) is 1.67. The molecule has 0 bridgehead atoms. The number of methoxy groups -OCH3 is 1. The molecule has 0 aliphatic carbocycles. The van der Waals surface area contributed by atoms with Crippen LogP contribution >= 0.6 is 0 Å². The van der Waals surface area contributed by atoms with Crippen molar-refractivity contribution in [2.45, 2.75) is 25.9 Å². The van der Waals surface area contributed by atoms with Crippen molar-refractivity contribution in [3.8, 4) is 5.75 Å². The maximum absolute atomic E-state index is 5.10. The molecule has 0 saturated carbocycles. The van der Waals surface area contributed by atoms with Gasteiger partial charge in [-0.2, -0.15) is 0 Å². The first-order valence-electron chi connectivity index (χ1n) is 5.09. The van der Waals surface area contributed by atoms with Gasteiger partial charge in [0.1, 0.15) is 5.75 Å². The molecule has 0 fully saturated rings. The van der Waals surface area contributed by atoms with Crippen LogP contribution in [0.4, 0.5) is 0 Å². The first-order valence-corrected chi connectivity index (χ1v) is 5.09. The van der Waals surface area contributed by atoms with Gasteiger partial charge in [0.2, 0.25) is 0 Å². The molecule has 0 aliphatic rings. The van der Waals surface area contributed by atoms with Gasteiger partial charge in [0, 0.05) is 12.1 Å². The Morgan fingerprint density at radius 2 is 1.93 bits per heavy atom. The normalized spacial score (nSPS) is 11.1. The van der Waals surface area contributed by atoms with E-state index < -0.39 is 0 Å². The molecule has 0 atom stereocenters. The second-order valence-electron chi connectivity index (χ2n) is 4.13. The van der Waals surface area contributed by atoms with Crippen LogP contribution in [0.15, 0.2) is 36.9 Å². The SMILES string of the molecule is C=CC(C)(C)NCc1ccc(OC)cc1. The predicted octanol–water partition coefficient (Wildman–Crippen LogP) is 2.75. The fraction of sp³-hybridized carbons (Fsp3) is 0.385. The number of rotatable bonds is 5. The molecule has 0 aliphatic heterocycles. The smallest absolute Gasteiger partial charge is 0.118 e. The Morgan fingerprint density at radius 3 is 2.40 bits per heavy atom. The first-order chi connectivity index (χ1) is 7.07. The van der Waals surface area contributed by atoms with Crippen molar-refractivity contribution < 1.29 is 4.74 Å². The Labute approximate surface area is 92.0 Å². The summed E-state index contributed by atoms with van der Waals surface area (Å²) in [6, 6.07) is 8.06. The van der Waals surface area contributed by atoms with Crippen molar-refractivity contribution in [2.75, 3.05) is 7.11 Å². The van der Waals surface area contributed by atoms with Crippen LogP contribution in [-0.4, -0.2) is 12.6 Å². The van der Waals surface area contributed by atoms with E-state index in [1.165, 1.54) is 5.56 Å². The maximum atomic E-state index is 5.10. The van der Waals surface area contributed by atoms with E-state index in [-0.39, 0.29) is 5.54 Å². The van der Waals surface area contributed by atoms with Crippen molar-refractivity contribution in [3.05, 3.63) is 42.5 Å². The second-order valence-corrected chi connectivity index (χ2v) is 4.13. The summed E-state index contributed by atoms with van der Waals surface area (Å²) in [5.74, 6) is 0.890. The summed E-state index contributed by atoms with van der Waals surface area (Å²) < 4.78 is 5.10. The minimum absolute atomic E-state index is 0.0278. The van der Waals surface area contributed by atoms with E-state index in [9.17, 15) is 0 Å². The third kappa shape index (κ3) is 3.76. The van der Waals surface area contributed by atoms with Crippen molar-refractivity contribution >= 4 is 0 Å². The van der Waals surface area contributed by atoms with Gasteiger partial charge in [0.25, 0.3) is 0 Å². The fourth-order valence-electron chi connectivity index (χ4n) is 1.15. The standard InChI is InChI=1S/C13H19NO/c1-5-13(2,3)14-10-11-6-8-12(15-4)9-7-11/h5-9,14H,1,10H2,2-4H3. The average Bonchev–Trinajstić information content (AvgIpc) is 2.27. The van der Waals surface area contributed by atoms with Crippen LogP contribution in [0.25, 0.3) is 0 Å². The van der Waals surface area contributed by atoms with E-state index >= 15 is 0 Å². The molecule has 0 amide bonds. The van der Waals surface area contributed by atoms with Crippen LogP contribution in [0, 0.1) is 0 Å². The number of hydrogen-bond donors (Lipinski definition) is 1. The van der Waals surface area contributed by atoms with Gasteiger partial charge in [-0.25, -0.2) is 0 Å². The van der Waals surface area contributed by atoms with Gasteiger partial charge < -0.3 is 10.1 Å². The van der Waals surface area contributed by atoms with Crippen LogP contribution in [0.5, 0.6) is 5.75 Å². The van der Waals surface area contributed by atoms with Gasteiger partial charge in [-0.1, -0.05) is 18.2 Å². The lowest BCUT2D eigenvalue weighted by atomic mass is 10.1. The third-order valence-corrected chi connectivity index (χ3v) is 2.42. The van der Waals surface area contributed by atoms with Crippen molar-refractivity contribution in [3.63, 3.8) is 0 Å². The summed E-state index contributed by atoms with van der Waals surface area (Å²) in [5, 5.41) is 3.40. The van der Waals surface area contributed by atoms with E-state index in [0.717, 1.165) is 12.3 Å². The quantitative estimate of drug-likeness (QED) is 0.746. The van der Waals surface area contributed by atoms with E-state index in [1.54, 1.807) is 7.11 Å². The lowest BCUT2D eigenvalue weighted by Gasteiger charge is -2.21. The summed E-state index contributed by atoms with van der Waals surface area (Å²) in [6.45, 7) is 8.83. The molecule has 0 saturated heterocycles. The van der Waals surface area contributed by atoms with Gasteiger partial charge in [0.05, 0.1) is 7.11 Å². The molecule has 0 unspecified atom stereocenters. The largest absolute Gasteiger partial charge is 0.497 e. The second kappa shape index (κ2) is 4.99. The van der Waals surface area contributed by atoms with E-state index in [0.29, 0.717) is 0 Å². The molecule has 0 radical (unpaired) electrons. The van der Waals surface area contributed by atoms with Crippen LogP contribution in [0.1, 0.15) is 19.4 Å². The molecule has 1 rings (SSSR count). The highest BCUT2D eigenvalue weighted by atomic mass is 16.5. The van der Waals surface area contributed by atoms with Gasteiger partial charge in [-0.15, -0.1) is 6.58 Å². The molecule has 1 aromatic carbocycles. The zero-order valence-corrected chi connectivity index (χ0v) is 9.71. The van der Waals surface area contributed by atoms with E-state index in [1.807, 2.05) is 18.2 Å². The summed E-state index contributed by atoms with van der Waals surface area (Å²) in [6.07, 6.45) is 1.91. The number of hydrogen-bond acceptors (Lipinski definition) is 2. The number of ether oxygens (including phenoxy) is 1. The molecule has 0 heterocycles. The van der Waals surface area contributed by atoms with Crippen LogP contribution in [-0.2, 0) is 6.54 Å². The Balaban J connectivity index is 2.54. The minimum atomic E-state index is -0.0278. The van der Waals surface area contributed by atoms with E-state index in [4.69, 9.17) is 4.74 Å². The van der Waals surface area contributed by atoms with Gasteiger partial charge in [-0.05, 0) is 31.5 Å². The van der Waals surface area contributed by atoms with Crippen molar-refractivity contribution in [1.82, 2.24) is 5.32 Å². The molecule has 1 N–H and O–H groups in total. The molecule has 0 spiro atoms. The molecule has 1 aromatic rings. The molecular formula is C13H19NO. The summed E-state index contributed by atoms with van der Waals surface area (Å²) in [4.78, 5) is 0. The number of benzene rings is 1. The predicted molar refractivity (Wildman–Crippen MR) is 64.1 cm³/mol. The molecule has 2 heteroatoms. The third-order valence-electron chi connectivity index (χ3n) is 2.42. The maximum Gasteiger partial charge on any atom is 0.118 e. The molecular weight excluding hydrogens is 186 g/mol. The molecule has 0 aromatic heterocycles. The van der Waals surface area contributed by atoms with Gasteiger partial charge >= 0.3 is 0 Å². The summed E-state index contributed by atoms with van der Waals surface area (Å²) in [5.41, 5.74) is 1.21. The van der Waals surface area contributed by atoms with Crippen LogP contribution in [0.3, 0.4) is 0 Å². The Kier molecular flexibility index (Phi) is 3.92.